The number of fused-ring (bicyclic) bond motifs is 1. The van der Waals surface area contributed by atoms with E-state index in [2.05, 4.69) is 84.5 Å². The third kappa shape index (κ3) is 3.95. The van der Waals surface area contributed by atoms with Gasteiger partial charge in [0.1, 0.15) is 5.82 Å². The lowest BCUT2D eigenvalue weighted by molar-refractivity contribution is 0.703. The van der Waals surface area contributed by atoms with Crippen LogP contribution in [0, 0.1) is 27.7 Å². The predicted molar refractivity (Wildman–Crippen MR) is 135 cm³/mol. The second kappa shape index (κ2) is 8.87. The van der Waals surface area contributed by atoms with Crippen LogP contribution in [0.25, 0.3) is 16.6 Å². The van der Waals surface area contributed by atoms with Gasteiger partial charge in [-0.2, -0.15) is 9.78 Å². The molecule has 0 amide bonds. The lowest BCUT2D eigenvalue weighted by atomic mass is 10.1. The number of rotatable bonds is 5. The summed E-state index contributed by atoms with van der Waals surface area (Å²) < 4.78 is 4.54. The summed E-state index contributed by atoms with van der Waals surface area (Å²) >= 11 is 3.45. The van der Waals surface area contributed by atoms with Gasteiger partial charge in [-0.15, -0.1) is 0 Å². The maximum absolute atomic E-state index is 13.2. The van der Waals surface area contributed by atoms with E-state index in [1.807, 2.05) is 12.1 Å². The van der Waals surface area contributed by atoms with Gasteiger partial charge in [-0.25, -0.2) is 4.98 Å². The highest BCUT2D eigenvalue weighted by atomic mass is 79.9. The monoisotopic (exact) mass is 490 g/mol. The van der Waals surface area contributed by atoms with Gasteiger partial charge in [0.25, 0.3) is 5.56 Å². The summed E-state index contributed by atoms with van der Waals surface area (Å²) in [5, 5.41) is 5.16. The average Bonchev–Trinajstić information content (AvgIpc) is 3.04. The van der Waals surface area contributed by atoms with Gasteiger partial charge in [0.2, 0.25) is 0 Å². The molecule has 4 rings (SSSR count). The molecule has 5 nitrogen and oxygen atoms in total. The topological polar surface area (TPSA) is 52.2 Å². The number of hydrogen-bond donors (Lipinski definition) is 0. The number of hydrogen-bond acceptors (Lipinski definition) is 3. The second-order valence-electron chi connectivity index (χ2n) is 8.18. The van der Waals surface area contributed by atoms with E-state index in [4.69, 9.17) is 4.98 Å². The summed E-state index contributed by atoms with van der Waals surface area (Å²) in [6, 6.07) is 14.0. The minimum Gasteiger partial charge on any atom is -0.318 e. The molecule has 0 aliphatic heterocycles. The van der Waals surface area contributed by atoms with E-state index in [1.165, 1.54) is 21.5 Å². The SMILES string of the molecule is CCCc1nc2ccc(Br)cc2c(=O)n1N=Cc1cc(C)n(-c2cccc(C)c2C)c1C. The Labute approximate surface area is 196 Å². The van der Waals surface area contributed by atoms with E-state index >= 15 is 0 Å². The molecule has 0 saturated carbocycles. The van der Waals surface area contributed by atoms with Gasteiger partial charge in [-0.3, -0.25) is 4.79 Å². The molecule has 6 heteroatoms. The molecule has 164 valence electrons. The van der Waals surface area contributed by atoms with Gasteiger partial charge in [-0.05, 0) is 75.6 Å². The van der Waals surface area contributed by atoms with Crippen molar-refractivity contribution in [3.8, 4) is 5.69 Å². The molecule has 0 spiro atoms. The Morgan fingerprint density at radius 2 is 1.88 bits per heavy atom. The van der Waals surface area contributed by atoms with Crippen LogP contribution in [0.3, 0.4) is 0 Å². The largest absolute Gasteiger partial charge is 0.318 e. The van der Waals surface area contributed by atoms with E-state index < -0.39 is 0 Å². The molecule has 0 unspecified atom stereocenters. The van der Waals surface area contributed by atoms with Gasteiger partial charge in [0.05, 0.1) is 17.1 Å². The normalized spacial score (nSPS) is 11.7. The smallest absolute Gasteiger partial charge is 0.282 e. The predicted octanol–water partition coefficient (Wildman–Crippen LogP) is 6.02. The molecule has 0 fully saturated rings. The fourth-order valence-electron chi connectivity index (χ4n) is 4.09. The molecule has 2 aromatic heterocycles. The van der Waals surface area contributed by atoms with Gasteiger partial charge in [-0.1, -0.05) is 35.0 Å². The van der Waals surface area contributed by atoms with E-state index in [0.29, 0.717) is 23.1 Å². The molecule has 4 aromatic rings. The van der Waals surface area contributed by atoms with E-state index in [-0.39, 0.29) is 5.56 Å². The first-order valence-electron chi connectivity index (χ1n) is 10.8. The maximum Gasteiger partial charge on any atom is 0.282 e. The molecule has 32 heavy (non-hydrogen) atoms. The average molecular weight is 491 g/mol. The third-order valence-electron chi connectivity index (χ3n) is 5.95. The van der Waals surface area contributed by atoms with Crippen LogP contribution in [0.1, 0.15) is 47.2 Å². The zero-order valence-corrected chi connectivity index (χ0v) is 20.7. The Balaban J connectivity index is 1.83. The summed E-state index contributed by atoms with van der Waals surface area (Å²) in [6.45, 7) is 10.5. The Morgan fingerprint density at radius 1 is 1.09 bits per heavy atom. The van der Waals surface area contributed by atoms with Crippen LogP contribution in [-0.4, -0.2) is 20.4 Å². The quantitative estimate of drug-likeness (QED) is 0.321. The zero-order chi connectivity index (χ0) is 23.0. The zero-order valence-electron chi connectivity index (χ0n) is 19.1. The molecule has 0 N–H and O–H groups in total. The van der Waals surface area contributed by atoms with Crippen LogP contribution in [0.4, 0.5) is 0 Å². The summed E-state index contributed by atoms with van der Waals surface area (Å²) in [5.74, 6) is 0.673. The highest BCUT2D eigenvalue weighted by molar-refractivity contribution is 9.10. The van der Waals surface area contributed by atoms with Crippen molar-refractivity contribution in [1.82, 2.24) is 14.2 Å². The van der Waals surface area contributed by atoms with Crippen molar-refractivity contribution in [1.29, 1.82) is 0 Å². The number of aryl methyl sites for hydroxylation is 3. The van der Waals surface area contributed by atoms with Crippen molar-refractivity contribution in [2.75, 3.05) is 0 Å². The molecule has 0 saturated heterocycles. The van der Waals surface area contributed by atoms with E-state index in [0.717, 1.165) is 27.8 Å². The highest BCUT2D eigenvalue weighted by Gasteiger charge is 2.14. The molecular formula is C26H27BrN4O. The van der Waals surface area contributed by atoms with Crippen molar-refractivity contribution in [2.24, 2.45) is 5.10 Å². The molecule has 2 heterocycles. The summed E-state index contributed by atoms with van der Waals surface area (Å²) in [5.41, 5.74) is 7.41. The Bertz CT molecular complexity index is 1410. The second-order valence-corrected chi connectivity index (χ2v) is 9.10. The van der Waals surface area contributed by atoms with Gasteiger partial charge >= 0.3 is 0 Å². The Kier molecular flexibility index (Phi) is 6.15. The van der Waals surface area contributed by atoms with Crippen molar-refractivity contribution in [3.63, 3.8) is 0 Å². The Morgan fingerprint density at radius 3 is 2.62 bits per heavy atom. The van der Waals surface area contributed by atoms with Crippen LogP contribution in [0.15, 0.2) is 56.8 Å². The summed E-state index contributed by atoms with van der Waals surface area (Å²) in [6.07, 6.45) is 3.33. The third-order valence-corrected chi connectivity index (χ3v) is 6.44. The van der Waals surface area contributed by atoms with Crippen molar-refractivity contribution >= 4 is 33.0 Å². The standard InChI is InChI=1S/C26H27BrN4O/c1-6-8-25-29-23-12-11-21(27)14-22(23)26(32)31(25)28-15-20-13-17(3)30(19(20)5)24-10-7-9-16(2)18(24)4/h7,9-15H,6,8H2,1-5H3. The molecule has 0 bridgehead atoms. The van der Waals surface area contributed by atoms with Crippen LogP contribution in [0.5, 0.6) is 0 Å². The van der Waals surface area contributed by atoms with Crippen molar-refractivity contribution in [2.45, 2.75) is 47.5 Å². The van der Waals surface area contributed by atoms with Crippen molar-refractivity contribution in [3.05, 3.63) is 91.2 Å². The molecule has 0 aliphatic rings. The lowest BCUT2D eigenvalue weighted by Gasteiger charge is -2.14. The molecule has 2 aromatic carbocycles. The Hall–Kier alpha value is -2.99. The molecule has 0 atom stereocenters. The van der Waals surface area contributed by atoms with Gasteiger partial charge < -0.3 is 4.57 Å². The minimum absolute atomic E-state index is 0.153. The summed E-state index contributed by atoms with van der Waals surface area (Å²) in [4.78, 5) is 18.0. The van der Waals surface area contributed by atoms with E-state index in [9.17, 15) is 4.79 Å². The minimum atomic E-state index is -0.153. The van der Waals surface area contributed by atoms with Crippen LogP contribution in [0.2, 0.25) is 0 Å². The molecule has 0 radical (unpaired) electrons. The number of nitrogens with zero attached hydrogens (tertiary/aromatic N) is 4. The molecule has 0 aliphatic carbocycles. The van der Waals surface area contributed by atoms with Crippen molar-refractivity contribution < 1.29 is 0 Å². The maximum atomic E-state index is 13.2. The first-order valence-corrected chi connectivity index (χ1v) is 11.6. The number of halogens is 1. The fraction of sp³-hybridized carbons (Fsp3) is 0.269. The van der Waals surface area contributed by atoms with Crippen LogP contribution >= 0.6 is 15.9 Å². The lowest BCUT2D eigenvalue weighted by Crippen LogP contribution is -2.22. The van der Waals surface area contributed by atoms with Gasteiger partial charge in [0, 0.05) is 33.5 Å². The first-order chi connectivity index (χ1) is 15.3. The highest BCUT2D eigenvalue weighted by Crippen LogP contribution is 2.24. The fourth-order valence-corrected chi connectivity index (χ4v) is 4.45. The number of aromatic nitrogens is 3. The first kappa shape index (κ1) is 22.2. The van der Waals surface area contributed by atoms with Crippen LogP contribution < -0.4 is 5.56 Å². The van der Waals surface area contributed by atoms with E-state index in [1.54, 1.807) is 12.3 Å². The van der Waals surface area contributed by atoms with Crippen LogP contribution in [-0.2, 0) is 6.42 Å². The number of benzene rings is 2. The molecular weight excluding hydrogens is 464 g/mol. The summed E-state index contributed by atoms with van der Waals surface area (Å²) in [7, 11) is 0. The van der Waals surface area contributed by atoms with Gasteiger partial charge in [0.15, 0.2) is 0 Å².